The van der Waals surface area contributed by atoms with Crippen molar-refractivity contribution in [1.82, 2.24) is 5.43 Å². The van der Waals surface area contributed by atoms with Gasteiger partial charge in [-0.25, -0.2) is 8.42 Å². The molecule has 16 heavy (non-hydrogen) atoms. The van der Waals surface area contributed by atoms with Gasteiger partial charge in [0.05, 0.1) is 11.3 Å². The fraction of sp³-hybridized carbons (Fsp3) is 0.455. The van der Waals surface area contributed by atoms with Crippen LogP contribution in [0, 0.1) is 6.92 Å². The van der Waals surface area contributed by atoms with Crippen LogP contribution < -0.4 is 11.3 Å². The molecule has 4 nitrogen and oxygen atoms in total. The van der Waals surface area contributed by atoms with E-state index in [4.69, 9.17) is 5.84 Å². The quantitative estimate of drug-likeness (QED) is 0.608. The van der Waals surface area contributed by atoms with E-state index in [-0.39, 0.29) is 6.04 Å². The standard InChI is InChI=1S/C11H18N2O2S/c1-8-5-4-6-10(7-8)11(13-12)9(2)16(3,14)15/h4-7,9,11,13H,12H2,1-3H3. The zero-order chi connectivity index (χ0) is 12.3. The second-order valence-electron chi connectivity index (χ2n) is 4.09. The van der Waals surface area contributed by atoms with Gasteiger partial charge < -0.3 is 0 Å². The summed E-state index contributed by atoms with van der Waals surface area (Å²) in [6.07, 6.45) is 1.22. The molecule has 0 radical (unpaired) electrons. The van der Waals surface area contributed by atoms with Gasteiger partial charge in [0.25, 0.3) is 0 Å². The van der Waals surface area contributed by atoms with Crippen molar-refractivity contribution in [3.8, 4) is 0 Å². The lowest BCUT2D eigenvalue weighted by atomic mass is 10.0. The minimum Gasteiger partial charge on any atom is -0.271 e. The average Bonchev–Trinajstić information content (AvgIpc) is 2.17. The Kier molecular flexibility index (Phi) is 4.07. The first-order chi connectivity index (χ1) is 7.36. The molecule has 1 aromatic rings. The molecule has 0 bridgehead atoms. The van der Waals surface area contributed by atoms with E-state index in [0.717, 1.165) is 11.1 Å². The highest BCUT2D eigenvalue weighted by atomic mass is 32.2. The first-order valence-corrected chi connectivity index (χ1v) is 7.03. The smallest absolute Gasteiger partial charge is 0.151 e. The van der Waals surface area contributed by atoms with Gasteiger partial charge in [-0.3, -0.25) is 11.3 Å². The number of hydrogen-bond acceptors (Lipinski definition) is 4. The normalized spacial score (nSPS) is 15.8. The van der Waals surface area contributed by atoms with Crippen LogP contribution in [0.15, 0.2) is 24.3 Å². The van der Waals surface area contributed by atoms with Gasteiger partial charge in [0.15, 0.2) is 9.84 Å². The van der Waals surface area contributed by atoms with Crippen molar-refractivity contribution in [2.45, 2.75) is 25.1 Å². The Morgan fingerprint density at radius 1 is 1.38 bits per heavy atom. The van der Waals surface area contributed by atoms with Crippen LogP contribution in [0.2, 0.25) is 0 Å². The molecule has 90 valence electrons. The zero-order valence-corrected chi connectivity index (χ0v) is 10.6. The maximum Gasteiger partial charge on any atom is 0.151 e. The highest BCUT2D eigenvalue weighted by Gasteiger charge is 2.26. The Morgan fingerprint density at radius 3 is 2.44 bits per heavy atom. The third kappa shape index (κ3) is 3.04. The number of hydrazine groups is 1. The summed E-state index contributed by atoms with van der Waals surface area (Å²) in [7, 11) is -3.12. The van der Waals surface area contributed by atoms with E-state index in [1.165, 1.54) is 6.26 Å². The number of aryl methyl sites for hydroxylation is 1. The number of sulfone groups is 1. The molecule has 1 rings (SSSR count). The van der Waals surface area contributed by atoms with Crippen LogP contribution in [-0.4, -0.2) is 19.9 Å². The summed E-state index contributed by atoms with van der Waals surface area (Å²) >= 11 is 0. The lowest BCUT2D eigenvalue weighted by Gasteiger charge is -2.22. The van der Waals surface area contributed by atoms with Gasteiger partial charge in [0, 0.05) is 6.26 Å². The second-order valence-corrected chi connectivity index (χ2v) is 6.50. The zero-order valence-electron chi connectivity index (χ0n) is 9.77. The molecule has 0 aliphatic heterocycles. The molecule has 0 fully saturated rings. The Hall–Kier alpha value is -0.910. The molecule has 0 aliphatic rings. The number of nitrogens with one attached hydrogen (secondary N) is 1. The van der Waals surface area contributed by atoms with Gasteiger partial charge in [-0.15, -0.1) is 0 Å². The summed E-state index contributed by atoms with van der Waals surface area (Å²) in [5, 5.41) is -0.556. The Bertz CT molecular complexity index is 457. The molecule has 0 amide bonds. The highest BCUT2D eigenvalue weighted by Crippen LogP contribution is 2.21. The Labute approximate surface area is 96.7 Å². The molecule has 0 saturated heterocycles. The average molecular weight is 242 g/mol. The van der Waals surface area contributed by atoms with Crippen molar-refractivity contribution in [3.63, 3.8) is 0 Å². The first kappa shape index (κ1) is 13.2. The second kappa shape index (κ2) is 4.95. The van der Waals surface area contributed by atoms with E-state index in [1.807, 2.05) is 31.2 Å². The van der Waals surface area contributed by atoms with E-state index in [9.17, 15) is 8.42 Å². The number of hydrogen-bond donors (Lipinski definition) is 2. The van der Waals surface area contributed by atoms with Crippen molar-refractivity contribution in [3.05, 3.63) is 35.4 Å². The fourth-order valence-electron chi connectivity index (χ4n) is 1.61. The van der Waals surface area contributed by atoms with Crippen LogP contribution in [0.25, 0.3) is 0 Å². The molecule has 0 aliphatic carbocycles. The van der Waals surface area contributed by atoms with E-state index >= 15 is 0 Å². The van der Waals surface area contributed by atoms with Gasteiger partial charge in [0.2, 0.25) is 0 Å². The largest absolute Gasteiger partial charge is 0.271 e. The number of benzene rings is 1. The Morgan fingerprint density at radius 2 is 2.00 bits per heavy atom. The minimum atomic E-state index is -3.12. The van der Waals surface area contributed by atoms with Crippen LogP contribution in [-0.2, 0) is 9.84 Å². The van der Waals surface area contributed by atoms with E-state index in [1.54, 1.807) is 6.92 Å². The topological polar surface area (TPSA) is 72.2 Å². The van der Waals surface area contributed by atoms with Crippen LogP contribution in [0.3, 0.4) is 0 Å². The predicted octanol–water partition coefficient (Wildman–Crippen LogP) is 0.933. The van der Waals surface area contributed by atoms with Crippen molar-refractivity contribution >= 4 is 9.84 Å². The molecule has 3 N–H and O–H groups in total. The summed E-state index contributed by atoms with van der Waals surface area (Å²) in [6, 6.07) is 7.28. The highest BCUT2D eigenvalue weighted by molar-refractivity contribution is 7.91. The van der Waals surface area contributed by atoms with Crippen molar-refractivity contribution in [2.24, 2.45) is 5.84 Å². The minimum absolute atomic E-state index is 0.380. The van der Waals surface area contributed by atoms with Crippen molar-refractivity contribution < 1.29 is 8.42 Å². The number of rotatable bonds is 4. The molecule has 2 atom stereocenters. The molecular formula is C11H18N2O2S. The van der Waals surface area contributed by atoms with E-state index in [0.29, 0.717) is 0 Å². The van der Waals surface area contributed by atoms with Crippen LogP contribution in [0.5, 0.6) is 0 Å². The van der Waals surface area contributed by atoms with Gasteiger partial charge in [-0.1, -0.05) is 29.8 Å². The molecule has 0 aromatic heterocycles. The van der Waals surface area contributed by atoms with E-state index in [2.05, 4.69) is 5.43 Å². The van der Waals surface area contributed by atoms with Crippen LogP contribution in [0.4, 0.5) is 0 Å². The molecule has 2 unspecified atom stereocenters. The monoisotopic (exact) mass is 242 g/mol. The fourth-order valence-corrected chi connectivity index (χ4v) is 2.34. The van der Waals surface area contributed by atoms with Gasteiger partial charge in [0.1, 0.15) is 0 Å². The molecule has 1 aromatic carbocycles. The summed E-state index contributed by atoms with van der Waals surface area (Å²) in [5.74, 6) is 5.44. The maximum absolute atomic E-state index is 11.5. The van der Waals surface area contributed by atoms with Crippen LogP contribution in [0.1, 0.15) is 24.1 Å². The predicted molar refractivity (Wildman–Crippen MR) is 65.5 cm³/mol. The van der Waals surface area contributed by atoms with Crippen molar-refractivity contribution in [1.29, 1.82) is 0 Å². The summed E-state index contributed by atoms with van der Waals surface area (Å²) in [6.45, 7) is 3.62. The molecule has 0 saturated carbocycles. The first-order valence-electron chi connectivity index (χ1n) is 5.08. The summed E-state index contributed by atoms with van der Waals surface area (Å²) < 4.78 is 23.0. The maximum atomic E-state index is 11.5. The summed E-state index contributed by atoms with van der Waals surface area (Å²) in [4.78, 5) is 0. The van der Waals surface area contributed by atoms with E-state index < -0.39 is 15.1 Å². The van der Waals surface area contributed by atoms with Crippen LogP contribution >= 0.6 is 0 Å². The summed E-state index contributed by atoms with van der Waals surface area (Å²) in [5.41, 5.74) is 4.54. The van der Waals surface area contributed by atoms with Gasteiger partial charge in [-0.05, 0) is 19.4 Å². The Balaban J connectivity index is 3.08. The molecule has 0 heterocycles. The van der Waals surface area contributed by atoms with Gasteiger partial charge in [-0.2, -0.15) is 0 Å². The SMILES string of the molecule is Cc1cccc(C(NN)C(C)S(C)(=O)=O)c1. The lowest BCUT2D eigenvalue weighted by Crippen LogP contribution is -2.38. The molecular weight excluding hydrogens is 224 g/mol. The third-order valence-corrected chi connectivity index (χ3v) is 4.35. The third-order valence-electron chi connectivity index (χ3n) is 2.73. The molecule has 0 spiro atoms. The molecule has 5 heteroatoms. The van der Waals surface area contributed by atoms with Gasteiger partial charge >= 0.3 is 0 Å². The lowest BCUT2D eigenvalue weighted by molar-refractivity contribution is 0.513. The van der Waals surface area contributed by atoms with Crippen molar-refractivity contribution in [2.75, 3.05) is 6.26 Å². The number of nitrogens with two attached hydrogens (primary N) is 1.